The zero-order valence-corrected chi connectivity index (χ0v) is 16.0. The van der Waals surface area contributed by atoms with E-state index in [9.17, 15) is 5.11 Å². The quantitative estimate of drug-likeness (QED) is 0.583. The van der Waals surface area contributed by atoms with Crippen molar-refractivity contribution in [2.24, 2.45) is 0 Å². The molecule has 3 rings (SSSR count). The summed E-state index contributed by atoms with van der Waals surface area (Å²) in [5.74, 6) is 0.776. The largest absolute Gasteiger partial charge is 0.488 e. The Morgan fingerprint density at radius 1 is 0.962 bits per heavy atom. The van der Waals surface area contributed by atoms with Gasteiger partial charge in [-0.05, 0) is 35.9 Å². The molecule has 136 valence electrons. The van der Waals surface area contributed by atoms with Crippen LogP contribution in [0, 0.1) is 0 Å². The fourth-order valence-corrected chi connectivity index (χ4v) is 3.37. The summed E-state index contributed by atoms with van der Waals surface area (Å²) in [5, 5.41) is 16.2. The summed E-state index contributed by atoms with van der Waals surface area (Å²) in [5.41, 5.74) is 1.82. The number of nitrogens with one attached hydrogen (secondary N) is 1. The van der Waals surface area contributed by atoms with Crippen molar-refractivity contribution in [3.8, 4) is 5.75 Å². The smallest absolute Gasteiger partial charge is 0.124 e. The Balaban J connectivity index is 1.89. The average molecular weight is 390 g/mol. The third kappa shape index (κ3) is 4.49. The standard InChI is InChI=1S/C21H21Cl2NO2/c1-14(25)11-24-12-17-16-6-3-2-5-15(16)9-10-21(17)26-13-18-19(22)7-4-8-20(18)23/h2-10,14,24-25H,11-13H2,1H3/t14-/m1/s1. The van der Waals surface area contributed by atoms with Crippen LogP contribution in [0.3, 0.4) is 0 Å². The molecule has 0 radical (unpaired) electrons. The number of aliphatic hydroxyl groups excluding tert-OH is 1. The first-order chi connectivity index (χ1) is 12.6. The first-order valence-electron chi connectivity index (χ1n) is 8.51. The number of fused-ring (bicyclic) bond motifs is 1. The molecule has 1 atom stereocenters. The van der Waals surface area contributed by atoms with Crippen molar-refractivity contribution in [1.29, 1.82) is 0 Å². The van der Waals surface area contributed by atoms with E-state index >= 15 is 0 Å². The molecule has 0 fully saturated rings. The molecule has 0 aliphatic carbocycles. The maximum absolute atomic E-state index is 9.50. The molecule has 26 heavy (non-hydrogen) atoms. The number of aliphatic hydroxyl groups is 1. The second-order valence-corrected chi connectivity index (χ2v) is 7.05. The van der Waals surface area contributed by atoms with Gasteiger partial charge in [0.1, 0.15) is 12.4 Å². The Labute approximate surface area is 163 Å². The highest BCUT2D eigenvalue weighted by Gasteiger charge is 2.12. The average Bonchev–Trinajstić information content (AvgIpc) is 2.62. The van der Waals surface area contributed by atoms with E-state index in [1.807, 2.05) is 30.3 Å². The molecular formula is C21H21Cl2NO2. The van der Waals surface area contributed by atoms with Gasteiger partial charge in [-0.2, -0.15) is 0 Å². The van der Waals surface area contributed by atoms with Crippen molar-refractivity contribution in [2.45, 2.75) is 26.2 Å². The first kappa shape index (κ1) is 19.0. The molecule has 3 aromatic rings. The van der Waals surface area contributed by atoms with E-state index in [1.165, 1.54) is 0 Å². The lowest BCUT2D eigenvalue weighted by molar-refractivity contribution is 0.190. The summed E-state index contributed by atoms with van der Waals surface area (Å²) in [6, 6.07) is 17.6. The summed E-state index contributed by atoms with van der Waals surface area (Å²) < 4.78 is 6.08. The molecule has 0 unspecified atom stereocenters. The van der Waals surface area contributed by atoms with E-state index in [2.05, 4.69) is 17.4 Å². The second kappa shape index (κ2) is 8.74. The molecule has 0 amide bonds. The van der Waals surface area contributed by atoms with E-state index in [1.54, 1.807) is 19.1 Å². The third-order valence-electron chi connectivity index (χ3n) is 4.17. The molecule has 3 nitrogen and oxygen atoms in total. The molecule has 0 aromatic heterocycles. The van der Waals surface area contributed by atoms with Crippen molar-refractivity contribution in [2.75, 3.05) is 6.54 Å². The fraction of sp³-hybridized carbons (Fsp3) is 0.238. The number of halogens is 2. The Hall–Kier alpha value is -1.78. The topological polar surface area (TPSA) is 41.5 Å². The summed E-state index contributed by atoms with van der Waals surface area (Å²) >= 11 is 12.5. The molecule has 3 aromatic carbocycles. The molecule has 0 saturated heterocycles. The minimum Gasteiger partial charge on any atom is -0.488 e. The summed E-state index contributed by atoms with van der Waals surface area (Å²) in [6.45, 7) is 3.16. The van der Waals surface area contributed by atoms with Crippen LogP contribution in [-0.2, 0) is 13.2 Å². The van der Waals surface area contributed by atoms with Crippen LogP contribution < -0.4 is 10.1 Å². The van der Waals surface area contributed by atoms with Gasteiger partial charge in [0.15, 0.2) is 0 Å². The summed E-state index contributed by atoms with van der Waals surface area (Å²) in [7, 11) is 0. The molecule has 2 N–H and O–H groups in total. The van der Waals surface area contributed by atoms with Crippen LogP contribution in [-0.4, -0.2) is 17.8 Å². The van der Waals surface area contributed by atoms with Crippen LogP contribution in [0.5, 0.6) is 5.75 Å². The molecule has 0 aliphatic heterocycles. The van der Waals surface area contributed by atoms with Gasteiger partial charge in [-0.15, -0.1) is 0 Å². The number of rotatable bonds is 7. The number of ether oxygens (including phenoxy) is 1. The van der Waals surface area contributed by atoms with Crippen molar-refractivity contribution < 1.29 is 9.84 Å². The Kier molecular flexibility index (Phi) is 6.38. The Morgan fingerprint density at radius 3 is 2.42 bits per heavy atom. The van der Waals surface area contributed by atoms with Crippen LogP contribution in [0.4, 0.5) is 0 Å². The van der Waals surface area contributed by atoms with Crippen LogP contribution in [0.2, 0.25) is 10.0 Å². The lowest BCUT2D eigenvalue weighted by Gasteiger charge is -2.16. The normalized spacial score (nSPS) is 12.3. The van der Waals surface area contributed by atoms with Gasteiger partial charge in [-0.25, -0.2) is 0 Å². The molecule has 5 heteroatoms. The molecule has 0 aliphatic rings. The molecule has 0 heterocycles. The van der Waals surface area contributed by atoms with E-state index in [4.69, 9.17) is 27.9 Å². The maximum Gasteiger partial charge on any atom is 0.124 e. The Morgan fingerprint density at radius 2 is 1.69 bits per heavy atom. The molecule has 0 saturated carbocycles. The first-order valence-corrected chi connectivity index (χ1v) is 9.27. The van der Waals surface area contributed by atoms with Gasteiger partial charge in [0.2, 0.25) is 0 Å². The van der Waals surface area contributed by atoms with Gasteiger partial charge in [0.25, 0.3) is 0 Å². The SMILES string of the molecule is C[C@@H](O)CNCc1c(OCc2c(Cl)cccc2Cl)ccc2ccccc12. The zero-order chi connectivity index (χ0) is 18.5. The molecular weight excluding hydrogens is 369 g/mol. The molecule has 0 bridgehead atoms. The predicted molar refractivity (Wildman–Crippen MR) is 108 cm³/mol. The minimum atomic E-state index is -0.406. The highest BCUT2D eigenvalue weighted by atomic mass is 35.5. The van der Waals surface area contributed by atoms with E-state index in [0.717, 1.165) is 27.6 Å². The van der Waals surface area contributed by atoms with Crippen molar-refractivity contribution in [1.82, 2.24) is 5.32 Å². The van der Waals surface area contributed by atoms with Crippen molar-refractivity contribution >= 4 is 34.0 Å². The van der Waals surface area contributed by atoms with E-state index < -0.39 is 6.10 Å². The zero-order valence-electron chi connectivity index (χ0n) is 14.5. The number of hydrogen-bond donors (Lipinski definition) is 2. The lowest BCUT2D eigenvalue weighted by atomic mass is 10.0. The van der Waals surface area contributed by atoms with Crippen LogP contribution in [0.25, 0.3) is 10.8 Å². The highest BCUT2D eigenvalue weighted by molar-refractivity contribution is 6.35. The van der Waals surface area contributed by atoms with Gasteiger partial charge in [0.05, 0.1) is 6.10 Å². The number of benzene rings is 3. The van der Waals surface area contributed by atoms with Gasteiger partial charge in [0, 0.05) is 34.3 Å². The van der Waals surface area contributed by atoms with Crippen LogP contribution in [0.1, 0.15) is 18.1 Å². The molecule has 0 spiro atoms. The Bertz CT molecular complexity index is 876. The summed E-state index contributed by atoms with van der Waals surface area (Å²) in [6.07, 6.45) is -0.406. The lowest BCUT2D eigenvalue weighted by Crippen LogP contribution is -2.24. The van der Waals surface area contributed by atoms with Crippen LogP contribution in [0.15, 0.2) is 54.6 Å². The van der Waals surface area contributed by atoms with Crippen molar-refractivity contribution in [3.05, 3.63) is 75.8 Å². The number of hydrogen-bond acceptors (Lipinski definition) is 3. The minimum absolute atomic E-state index is 0.292. The predicted octanol–water partition coefficient (Wildman–Crippen LogP) is 5.20. The monoisotopic (exact) mass is 389 g/mol. The summed E-state index contributed by atoms with van der Waals surface area (Å²) in [4.78, 5) is 0. The highest BCUT2D eigenvalue weighted by Crippen LogP contribution is 2.31. The van der Waals surface area contributed by atoms with Gasteiger partial charge in [-0.1, -0.05) is 59.6 Å². The second-order valence-electron chi connectivity index (χ2n) is 6.23. The van der Waals surface area contributed by atoms with E-state index in [0.29, 0.717) is 29.7 Å². The third-order valence-corrected chi connectivity index (χ3v) is 4.88. The van der Waals surface area contributed by atoms with Gasteiger partial charge >= 0.3 is 0 Å². The van der Waals surface area contributed by atoms with E-state index in [-0.39, 0.29) is 0 Å². The van der Waals surface area contributed by atoms with Crippen LogP contribution >= 0.6 is 23.2 Å². The van der Waals surface area contributed by atoms with Gasteiger partial charge in [-0.3, -0.25) is 0 Å². The fourth-order valence-electron chi connectivity index (χ4n) is 2.86. The maximum atomic E-state index is 9.50. The van der Waals surface area contributed by atoms with Gasteiger partial charge < -0.3 is 15.2 Å². The van der Waals surface area contributed by atoms with Crippen molar-refractivity contribution in [3.63, 3.8) is 0 Å².